The molecule has 0 radical (unpaired) electrons. The van der Waals surface area contributed by atoms with E-state index in [2.05, 4.69) is 41.3 Å². The molecule has 0 bridgehead atoms. The highest BCUT2D eigenvalue weighted by Gasteiger charge is 2.17. The van der Waals surface area contributed by atoms with E-state index in [0.717, 1.165) is 6.42 Å². The van der Waals surface area contributed by atoms with Crippen molar-refractivity contribution in [2.45, 2.75) is 45.2 Å². The maximum Gasteiger partial charge on any atom is 0.0926 e. The van der Waals surface area contributed by atoms with Crippen LogP contribution in [0.3, 0.4) is 0 Å². The van der Waals surface area contributed by atoms with Crippen LogP contribution >= 0.6 is 23.1 Å². The van der Waals surface area contributed by atoms with Gasteiger partial charge in [-0.3, -0.25) is 0 Å². The monoisotopic (exact) mass is 256 g/mol. The lowest BCUT2D eigenvalue weighted by Crippen LogP contribution is -2.35. The molecular weight excluding hydrogens is 236 g/mol. The molecule has 2 unspecified atom stereocenters. The summed E-state index contributed by atoms with van der Waals surface area (Å²) < 4.78 is 0. The van der Waals surface area contributed by atoms with Gasteiger partial charge < -0.3 is 5.32 Å². The van der Waals surface area contributed by atoms with E-state index in [4.69, 9.17) is 0 Å². The van der Waals surface area contributed by atoms with Gasteiger partial charge in [-0.05, 0) is 31.9 Å². The first-order valence-electron chi connectivity index (χ1n) is 6.07. The fourth-order valence-electron chi connectivity index (χ4n) is 2.00. The van der Waals surface area contributed by atoms with E-state index in [1.54, 1.807) is 11.3 Å². The topological polar surface area (TPSA) is 24.9 Å². The maximum atomic E-state index is 4.64. The van der Waals surface area contributed by atoms with Gasteiger partial charge in [-0.1, -0.05) is 6.92 Å². The molecular formula is C12H20N2S2. The van der Waals surface area contributed by atoms with Gasteiger partial charge >= 0.3 is 0 Å². The minimum absolute atomic E-state index is 0.403. The molecule has 90 valence electrons. The Morgan fingerprint density at radius 1 is 1.62 bits per heavy atom. The summed E-state index contributed by atoms with van der Waals surface area (Å²) >= 11 is 3.85. The quantitative estimate of drug-likeness (QED) is 0.895. The molecule has 16 heavy (non-hydrogen) atoms. The second-order valence-corrected chi connectivity index (χ2v) is 6.41. The zero-order valence-electron chi connectivity index (χ0n) is 10.0. The maximum absolute atomic E-state index is 4.64. The second kappa shape index (κ2) is 6.03. The molecule has 2 atom stereocenters. The largest absolute Gasteiger partial charge is 0.305 e. The smallest absolute Gasteiger partial charge is 0.0926 e. The number of nitrogens with one attached hydrogen (secondary N) is 1. The van der Waals surface area contributed by atoms with Gasteiger partial charge in [0.25, 0.3) is 0 Å². The number of rotatable bonds is 4. The Balaban J connectivity index is 1.88. The van der Waals surface area contributed by atoms with E-state index < -0.39 is 0 Å². The fourth-order valence-corrected chi connectivity index (χ4v) is 3.92. The Morgan fingerprint density at radius 2 is 2.50 bits per heavy atom. The summed E-state index contributed by atoms with van der Waals surface area (Å²) in [6, 6.07) is 1.08. The first kappa shape index (κ1) is 12.4. The lowest BCUT2D eigenvalue weighted by molar-refractivity contribution is 0.447. The van der Waals surface area contributed by atoms with Gasteiger partial charge in [0.2, 0.25) is 0 Å². The molecule has 1 aliphatic heterocycles. The molecule has 4 heteroatoms. The summed E-state index contributed by atoms with van der Waals surface area (Å²) in [4.78, 5) is 4.64. The fraction of sp³-hybridized carbons (Fsp3) is 0.750. The first-order chi connectivity index (χ1) is 7.79. The van der Waals surface area contributed by atoms with Gasteiger partial charge in [0.15, 0.2) is 0 Å². The number of nitrogens with zero attached hydrogens (tertiary/aromatic N) is 1. The summed E-state index contributed by atoms with van der Waals surface area (Å²) in [6.45, 7) is 4.40. The molecule has 1 aliphatic rings. The number of thioether (sulfide) groups is 1. The van der Waals surface area contributed by atoms with E-state index in [9.17, 15) is 0 Å². The Hall–Kier alpha value is -0.0600. The van der Waals surface area contributed by atoms with E-state index in [0.29, 0.717) is 12.1 Å². The molecule has 0 spiro atoms. The lowest BCUT2D eigenvalue weighted by atomic mass is 10.1. The molecule has 0 amide bonds. The molecule has 2 nitrogen and oxygen atoms in total. The van der Waals surface area contributed by atoms with Crippen molar-refractivity contribution < 1.29 is 0 Å². The average molecular weight is 256 g/mol. The van der Waals surface area contributed by atoms with Crippen molar-refractivity contribution in [1.82, 2.24) is 10.3 Å². The van der Waals surface area contributed by atoms with Crippen molar-refractivity contribution in [2.75, 3.05) is 11.5 Å². The van der Waals surface area contributed by atoms with Crippen LogP contribution in [0.2, 0.25) is 0 Å². The SMILES string of the molecule is CCc1nc(C(C)NC2CCCSC2)cs1. The molecule has 0 aromatic carbocycles. The summed E-state index contributed by atoms with van der Waals surface area (Å²) in [5.41, 5.74) is 1.22. The summed E-state index contributed by atoms with van der Waals surface area (Å²) in [5, 5.41) is 7.15. The third kappa shape index (κ3) is 3.22. The van der Waals surface area contributed by atoms with Crippen LogP contribution in [-0.2, 0) is 6.42 Å². The van der Waals surface area contributed by atoms with E-state index in [-0.39, 0.29) is 0 Å². The Labute approximate surface area is 106 Å². The van der Waals surface area contributed by atoms with Gasteiger partial charge in [0.1, 0.15) is 0 Å². The zero-order chi connectivity index (χ0) is 11.4. The van der Waals surface area contributed by atoms with Crippen LogP contribution in [0.5, 0.6) is 0 Å². The summed E-state index contributed by atoms with van der Waals surface area (Å²) in [6.07, 6.45) is 3.73. The van der Waals surface area contributed by atoms with E-state index in [1.165, 1.54) is 35.0 Å². The van der Waals surface area contributed by atoms with Gasteiger partial charge in [-0.2, -0.15) is 11.8 Å². The molecule has 1 N–H and O–H groups in total. The zero-order valence-corrected chi connectivity index (χ0v) is 11.7. The van der Waals surface area contributed by atoms with Crippen LogP contribution in [0.25, 0.3) is 0 Å². The molecule has 2 heterocycles. The minimum Gasteiger partial charge on any atom is -0.305 e. The van der Waals surface area contributed by atoms with Gasteiger partial charge in [-0.25, -0.2) is 4.98 Å². The van der Waals surface area contributed by atoms with Gasteiger partial charge in [0, 0.05) is 23.2 Å². The van der Waals surface area contributed by atoms with Crippen LogP contribution in [0, 0.1) is 0 Å². The average Bonchev–Trinajstić information content (AvgIpc) is 2.79. The van der Waals surface area contributed by atoms with Crippen LogP contribution < -0.4 is 5.32 Å². The molecule has 1 aromatic rings. The number of hydrogen-bond acceptors (Lipinski definition) is 4. The lowest BCUT2D eigenvalue weighted by Gasteiger charge is -2.25. The van der Waals surface area contributed by atoms with Crippen molar-refractivity contribution >= 4 is 23.1 Å². The second-order valence-electron chi connectivity index (χ2n) is 4.32. The predicted octanol–water partition coefficient (Wildman–Crippen LogP) is 3.25. The van der Waals surface area contributed by atoms with Crippen LogP contribution in [0.1, 0.15) is 43.4 Å². The standard InChI is InChI=1S/C12H20N2S2/c1-3-12-14-11(8-16-12)9(2)13-10-5-4-6-15-7-10/h8-10,13H,3-7H2,1-2H3. The molecule has 1 saturated heterocycles. The van der Waals surface area contributed by atoms with Crippen molar-refractivity contribution in [2.24, 2.45) is 0 Å². The van der Waals surface area contributed by atoms with E-state index in [1.807, 2.05) is 0 Å². The molecule has 0 aliphatic carbocycles. The van der Waals surface area contributed by atoms with Crippen molar-refractivity contribution in [3.63, 3.8) is 0 Å². The van der Waals surface area contributed by atoms with Crippen molar-refractivity contribution in [3.05, 3.63) is 16.1 Å². The number of thiazole rings is 1. The Kier molecular flexibility index (Phi) is 4.67. The highest BCUT2D eigenvalue weighted by atomic mass is 32.2. The van der Waals surface area contributed by atoms with Crippen LogP contribution in [0.4, 0.5) is 0 Å². The van der Waals surface area contributed by atoms with Crippen LogP contribution in [0.15, 0.2) is 5.38 Å². The molecule has 2 rings (SSSR count). The van der Waals surface area contributed by atoms with E-state index >= 15 is 0 Å². The number of hydrogen-bond donors (Lipinski definition) is 1. The number of aromatic nitrogens is 1. The Morgan fingerprint density at radius 3 is 3.12 bits per heavy atom. The third-order valence-corrected chi connectivity index (χ3v) is 5.19. The first-order valence-corrected chi connectivity index (χ1v) is 8.11. The molecule has 0 saturated carbocycles. The minimum atomic E-state index is 0.403. The number of aryl methyl sites for hydroxylation is 1. The van der Waals surface area contributed by atoms with Gasteiger partial charge in [-0.15, -0.1) is 11.3 Å². The van der Waals surface area contributed by atoms with Crippen molar-refractivity contribution in [3.8, 4) is 0 Å². The van der Waals surface area contributed by atoms with Gasteiger partial charge in [0.05, 0.1) is 10.7 Å². The van der Waals surface area contributed by atoms with Crippen molar-refractivity contribution in [1.29, 1.82) is 0 Å². The van der Waals surface area contributed by atoms with Crippen LogP contribution in [-0.4, -0.2) is 22.5 Å². The third-order valence-electron chi connectivity index (χ3n) is 2.96. The normalized spacial score (nSPS) is 23.2. The molecule has 1 aromatic heterocycles. The summed E-state index contributed by atoms with van der Waals surface area (Å²) in [7, 11) is 0. The highest BCUT2D eigenvalue weighted by molar-refractivity contribution is 7.99. The predicted molar refractivity (Wildman–Crippen MR) is 73.4 cm³/mol. The molecule has 1 fully saturated rings. The highest BCUT2D eigenvalue weighted by Crippen LogP contribution is 2.22. The Bertz CT molecular complexity index is 319. The summed E-state index contributed by atoms with van der Waals surface area (Å²) in [5.74, 6) is 2.60.